The number of aromatic nitrogens is 1. The molecule has 2 rings (SSSR count). The van der Waals surface area contributed by atoms with E-state index < -0.39 is 21.7 Å². The molecule has 0 spiro atoms. The second kappa shape index (κ2) is 10.1. The molecule has 2 N–H and O–H groups in total. The molecular formula is C14H22F3IN4O2S2. The van der Waals surface area contributed by atoms with Gasteiger partial charge in [0.25, 0.3) is 0 Å². The highest BCUT2D eigenvalue weighted by atomic mass is 127. The Hall–Kier alpha value is -0.630. The van der Waals surface area contributed by atoms with Gasteiger partial charge in [0.1, 0.15) is 0 Å². The lowest BCUT2D eigenvalue weighted by Gasteiger charge is -2.12. The fourth-order valence-electron chi connectivity index (χ4n) is 2.42. The minimum absolute atomic E-state index is 0. The number of nitrogens with one attached hydrogen (secondary N) is 2. The van der Waals surface area contributed by atoms with Gasteiger partial charge < -0.3 is 10.6 Å². The zero-order chi connectivity index (χ0) is 18.5. The van der Waals surface area contributed by atoms with Crippen LogP contribution in [0.5, 0.6) is 0 Å². The number of rotatable bonds is 6. The van der Waals surface area contributed by atoms with E-state index in [1.54, 1.807) is 0 Å². The Morgan fingerprint density at radius 2 is 2.15 bits per heavy atom. The Labute approximate surface area is 172 Å². The van der Waals surface area contributed by atoms with Crippen LogP contribution in [0.4, 0.5) is 13.2 Å². The van der Waals surface area contributed by atoms with E-state index in [0.29, 0.717) is 43.4 Å². The molecule has 0 aromatic carbocycles. The number of guanidine groups is 1. The number of hydrogen-bond donors (Lipinski definition) is 2. The maximum absolute atomic E-state index is 12.5. The second-order valence-corrected chi connectivity index (χ2v) is 8.96. The van der Waals surface area contributed by atoms with Crippen LogP contribution >= 0.6 is 35.3 Å². The van der Waals surface area contributed by atoms with Crippen molar-refractivity contribution in [2.75, 3.05) is 31.1 Å². The Bertz CT molecular complexity index is 707. The molecule has 26 heavy (non-hydrogen) atoms. The lowest BCUT2D eigenvalue weighted by molar-refractivity contribution is -0.140. The molecule has 6 nitrogen and oxygen atoms in total. The zero-order valence-corrected chi connectivity index (χ0v) is 18.1. The first-order chi connectivity index (χ1) is 11.7. The maximum atomic E-state index is 12.5. The predicted octanol–water partition coefficient (Wildman–Crippen LogP) is 2.31. The summed E-state index contributed by atoms with van der Waals surface area (Å²) in [5, 5.41) is 7.48. The molecule has 0 amide bonds. The molecule has 0 aliphatic carbocycles. The number of halogens is 4. The number of thiazole rings is 1. The van der Waals surface area contributed by atoms with E-state index in [1.165, 1.54) is 0 Å². The Morgan fingerprint density at radius 1 is 1.42 bits per heavy atom. The molecule has 1 aromatic heterocycles. The van der Waals surface area contributed by atoms with E-state index in [0.717, 1.165) is 16.7 Å². The van der Waals surface area contributed by atoms with Gasteiger partial charge in [-0.1, -0.05) is 0 Å². The van der Waals surface area contributed by atoms with Crippen LogP contribution in [0.2, 0.25) is 0 Å². The molecule has 1 aromatic rings. The summed E-state index contributed by atoms with van der Waals surface area (Å²) in [4.78, 5) is 7.95. The van der Waals surface area contributed by atoms with Gasteiger partial charge in [-0.2, -0.15) is 13.2 Å². The van der Waals surface area contributed by atoms with Gasteiger partial charge in [0.2, 0.25) is 0 Å². The third-order valence-corrected chi connectivity index (χ3v) is 6.40. The molecule has 0 radical (unpaired) electrons. The lowest BCUT2D eigenvalue weighted by atomic mass is 10.1. The summed E-state index contributed by atoms with van der Waals surface area (Å²) in [5.74, 6) is 0.922. The van der Waals surface area contributed by atoms with Crippen LogP contribution in [0.15, 0.2) is 10.4 Å². The van der Waals surface area contributed by atoms with Crippen molar-refractivity contribution in [2.45, 2.75) is 25.9 Å². The number of nitrogens with zero attached hydrogens (tertiary/aromatic N) is 2. The van der Waals surface area contributed by atoms with Crippen molar-refractivity contribution < 1.29 is 21.6 Å². The van der Waals surface area contributed by atoms with Gasteiger partial charge in [-0.3, -0.25) is 4.99 Å². The van der Waals surface area contributed by atoms with Gasteiger partial charge in [-0.25, -0.2) is 13.4 Å². The first-order valence-corrected chi connectivity index (χ1v) is 10.6. The van der Waals surface area contributed by atoms with Crippen molar-refractivity contribution in [3.05, 3.63) is 16.1 Å². The molecule has 12 heteroatoms. The van der Waals surface area contributed by atoms with Gasteiger partial charge in [-0.15, -0.1) is 35.3 Å². The molecule has 1 aliphatic rings. The molecule has 1 aliphatic heterocycles. The summed E-state index contributed by atoms with van der Waals surface area (Å²) < 4.78 is 60.4. The monoisotopic (exact) mass is 526 g/mol. The molecule has 1 unspecified atom stereocenters. The third-order valence-electron chi connectivity index (χ3n) is 3.65. The van der Waals surface area contributed by atoms with Crippen LogP contribution in [0.1, 0.15) is 24.0 Å². The summed E-state index contributed by atoms with van der Waals surface area (Å²) in [5.41, 5.74) is -0.865. The van der Waals surface area contributed by atoms with Crippen LogP contribution in [0.25, 0.3) is 0 Å². The van der Waals surface area contributed by atoms with Crippen molar-refractivity contribution in [3.63, 3.8) is 0 Å². The largest absolute Gasteiger partial charge is 0.434 e. The normalized spacial score (nSPS) is 19.8. The Morgan fingerprint density at radius 3 is 2.69 bits per heavy atom. The summed E-state index contributed by atoms with van der Waals surface area (Å²) in [6.07, 6.45) is -3.45. The van der Waals surface area contributed by atoms with Crippen molar-refractivity contribution in [2.24, 2.45) is 10.9 Å². The SMILES string of the molecule is CCNC(=NCC1CCS(=O)(=O)C1)NCCc1nc(C(F)(F)F)cs1.I. The van der Waals surface area contributed by atoms with E-state index in [1.807, 2.05) is 6.92 Å². The van der Waals surface area contributed by atoms with E-state index in [4.69, 9.17) is 0 Å². The molecule has 1 fully saturated rings. The summed E-state index contributed by atoms with van der Waals surface area (Å²) in [6.45, 7) is 3.32. The maximum Gasteiger partial charge on any atom is 0.434 e. The summed E-state index contributed by atoms with van der Waals surface area (Å²) in [7, 11) is -2.93. The van der Waals surface area contributed by atoms with E-state index >= 15 is 0 Å². The first kappa shape index (κ1) is 23.4. The fraction of sp³-hybridized carbons (Fsp3) is 0.714. The number of hydrogen-bond acceptors (Lipinski definition) is 5. The summed E-state index contributed by atoms with van der Waals surface area (Å²) >= 11 is 0.977. The number of aliphatic imine (C=N–C) groups is 1. The standard InChI is InChI=1S/C14H21F3N4O2S2.HI/c1-2-18-13(20-7-10-4-6-25(22,23)9-10)19-5-3-12-21-11(8-24-12)14(15,16)17;/h8,10H,2-7,9H2,1H3,(H2,18,19,20);1H. The fourth-order valence-corrected chi connectivity index (χ4v) is 5.08. The van der Waals surface area contributed by atoms with Crippen molar-refractivity contribution in [3.8, 4) is 0 Å². The number of sulfone groups is 1. The first-order valence-electron chi connectivity index (χ1n) is 7.94. The van der Waals surface area contributed by atoms with Crippen LogP contribution in [-0.2, 0) is 22.4 Å². The minimum atomic E-state index is -4.42. The van der Waals surface area contributed by atoms with Crippen LogP contribution in [0, 0.1) is 5.92 Å². The molecule has 0 saturated carbocycles. The minimum Gasteiger partial charge on any atom is -0.357 e. The van der Waals surface area contributed by atoms with E-state index in [2.05, 4.69) is 20.6 Å². The Kier molecular flexibility index (Phi) is 9.06. The van der Waals surface area contributed by atoms with Gasteiger partial charge in [0.15, 0.2) is 21.5 Å². The Balaban J connectivity index is 0.00000338. The highest BCUT2D eigenvalue weighted by Crippen LogP contribution is 2.30. The predicted molar refractivity (Wildman–Crippen MR) is 107 cm³/mol. The smallest absolute Gasteiger partial charge is 0.357 e. The third kappa shape index (κ3) is 7.55. The lowest BCUT2D eigenvalue weighted by Crippen LogP contribution is -2.38. The van der Waals surface area contributed by atoms with Gasteiger partial charge in [0.05, 0.1) is 16.5 Å². The highest BCUT2D eigenvalue weighted by Gasteiger charge is 2.33. The molecule has 150 valence electrons. The van der Waals surface area contributed by atoms with Gasteiger partial charge in [-0.05, 0) is 19.3 Å². The molecule has 0 bridgehead atoms. The van der Waals surface area contributed by atoms with E-state index in [9.17, 15) is 21.6 Å². The highest BCUT2D eigenvalue weighted by molar-refractivity contribution is 14.0. The zero-order valence-electron chi connectivity index (χ0n) is 14.2. The summed E-state index contributed by atoms with van der Waals surface area (Å²) in [6, 6.07) is 0. The quantitative estimate of drug-likeness (QED) is 0.338. The van der Waals surface area contributed by atoms with E-state index in [-0.39, 0.29) is 41.4 Å². The molecule has 2 heterocycles. The van der Waals surface area contributed by atoms with Crippen LogP contribution in [-0.4, -0.2) is 50.5 Å². The average molecular weight is 526 g/mol. The number of alkyl halides is 3. The topological polar surface area (TPSA) is 83.5 Å². The average Bonchev–Trinajstić information content (AvgIpc) is 3.11. The molecule has 1 saturated heterocycles. The van der Waals surface area contributed by atoms with Crippen molar-refractivity contribution >= 4 is 51.1 Å². The van der Waals surface area contributed by atoms with Crippen molar-refractivity contribution in [1.82, 2.24) is 15.6 Å². The van der Waals surface area contributed by atoms with Crippen LogP contribution in [0.3, 0.4) is 0 Å². The van der Waals surface area contributed by atoms with Gasteiger partial charge >= 0.3 is 6.18 Å². The molecule has 1 atom stereocenters. The second-order valence-electron chi connectivity index (χ2n) is 5.79. The van der Waals surface area contributed by atoms with Gasteiger partial charge in [0, 0.05) is 31.4 Å². The van der Waals surface area contributed by atoms with Crippen molar-refractivity contribution in [1.29, 1.82) is 0 Å². The molecular weight excluding hydrogens is 504 g/mol. The van der Waals surface area contributed by atoms with Crippen LogP contribution < -0.4 is 10.6 Å².